The highest BCUT2D eigenvalue weighted by Gasteiger charge is 1.92. The highest BCUT2D eigenvalue weighted by atomic mass is 16.2. The number of aliphatic hydroxyl groups is 1. The Labute approximate surface area is 74.9 Å². The molecule has 0 rings (SSSR count). The first-order valence-electron chi connectivity index (χ1n) is 4.56. The van der Waals surface area contributed by atoms with Gasteiger partial charge in [0.15, 0.2) is 0 Å². The number of aliphatic hydroxyl groups excluding tert-OH is 1. The van der Waals surface area contributed by atoms with Crippen molar-refractivity contribution in [3.05, 3.63) is 0 Å². The Hall–Kier alpha value is -0.570. The number of rotatable bonds is 6. The van der Waals surface area contributed by atoms with E-state index in [2.05, 4.69) is 24.4 Å². The fourth-order valence-corrected chi connectivity index (χ4v) is 0.788. The first kappa shape index (κ1) is 11.4. The average Bonchev–Trinajstić information content (AvgIpc) is 2.01. The van der Waals surface area contributed by atoms with E-state index in [1.54, 1.807) is 0 Å². The van der Waals surface area contributed by atoms with Crippen molar-refractivity contribution in [3.8, 4) is 0 Å². The third kappa shape index (κ3) is 7.54. The molecule has 0 bridgehead atoms. The van der Waals surface area contributed by atoms with E-state index in [4.69, 9.17) is 5.11 Å². The van der Waals surface area contributed by atoms with Gasteiger partial charge in [-0.05, 0) is 40.0 Å². The molecule has 0 fully saturated rings. The predicted molar refractivity (Wildman–Crippen MR) is 52.3 cm³/mol. The summed E-state index contributed by atoms with van der Waals surface area (Å²) in [5, 5.41) is 12.7. The van der Waals surface area contributed by atoms with Crippen LogP contribution in [0.3, 0.4) is 0 Å². The van der Waals surface area contributed by atoms with Crippen molar-refractivity contribution in [2.24, 2.45) is 5.10 Å². The van der Waals surface area contributed by atoms with Gasteiger partial charge in [-0.15, -0.1) is 0 Å². The third-order valence-corrected chi connectivity index (χ3v) is 1.46. The summed E-state index contributed by atoms with van der Waals surface area (Å²) in [4.78, 5) is 0. The molecule has 0 saturated heterocycles. The molecule has 0 aromatic carbocycles. The van der Waals surface area contributed by atoms with Crippen LogP contribution >= 0.6 is 0 Å². The van der Waals surface area contributed by atoms with Gasteiger partial charge in [0, 0.05) is 18.4 Å². The molecule has 0 unspecified atom stereocenters. The van der Waals surface area contributed by atoms with Crippen LogP contribution in [0.1, 0.15) is 40.0 Å². The van der Waals surface area contributed by atoms with Gasteiger partial charge in [-0.3, -0.25) is 0 Å². The Balaban J connectivity index is 3.42. The van der Waals surface area contributed by atoms with E-state index in [1.165, 1.54) is 0 Å². The van der Waals surface area contributed by atoms with E-state index >= 15 is 0 Å². The van der Waals surface area contributed by atoms with Crippen LogP contribution in [-0.2, 0) is 0 Å². The summed E-state index contributed by atoms with van der Waals surface area (Å²) in [5.74, 6) is 0. The molecule has 3 heteroatoms. The third-order valence-electron chi connectivity index (χ3n) is 1.46. The first-order chi connectivity index (χ1) is 5.66. The standard InChI is InChI=1S/C9H20N2O/c1-8(2)10-11-9(3)6-4-5-7-12/h8,10,12H,4-7H2,1-3H3/b11-9+. The maximum atomic E-state index is 8.54. The van der Waals surface area contributed by atoms with E-state index in [9.17, 15) is 0 Å². The number of hydrazone groups is 1. The Morgan fingerprint density at radius 2 is 2.08 bits per heavy atom. The smallest absolute Gasteiger partial charge is 0.0431 e. The molecule has 0 saturated carbocycles. The Morgan fingerprint density at radius 1 is 1.42 bits per heavy atom. The number of nitrogens with zero attached hydrogens (tertiary/aromatic N) is 1. The van der Waals surface area contributed by atoms with Crippen LogP contribution in [0.5, 0.6) is 0 Å². The largest absolute Gasteiger partial charge is 0.396 e. The lowest BCUT2D eigenvalue weighted by Crippen LogP contribution is -2.17. The van der Waals surface area contributed by atoms with Gasteiger partial charge in [-0.2, -0.15) is 5.10 Å². The number of nitrogens with one attached hydrogen (secondary N) is 1. The van der Waals surface area contributed by atoms with Crippen LogP contribution in [0, 0.1) is 0 Å². The van der Waals surface area contributed by atoms with Gasteiger partial charge in [-0.25, -0.2) is 0 Å². The van der Waals surface area contributed by atoms with Crippen LogP contribution in [0.25, 0.3) is 0 Å². The second-order valence-electron chi connectivity index (χ2n) is 3.31. The minimum atomic E-state index is 0.283. The van der Waals surface area contributed by atoms with Gasteiger partial charge in [0.1, 0.15) is 0 Å². The van der Waals surface area contributed by atoms with Gasteiger partial charge in [-0.1, -0.05) is 0 Å². The minimum Gasteiger partial charge on any atom is -0.396 e. The molecule has 0 aliphatic heterocycles. The second kappa shape index (κ2) is 7.10. The van der Waals surface area contributed by atoms with E-state index in [1.807, 2.05) is 6.92 Å². The van der Waals surface area contributed by atoms with Crippen LogP contribution in [0.4, 0.5) is 0 Å². The number of hydrogen-bond donors (Lipinski definition) is 2. The molecule has 0 radical (unpaired) electrons. The summed E-state index contributed by atoms with van der Waals surface area (Å²) in [7, 11) is 0. The molecule has 72 valence electrons. The lowest BCUT2D eigenvalue weighted by Gasteiger charge is -2.05. The zero-order chi connectivity index (χ0) is 9.40. The summed E-state index contributed by atoms with van der Waals surface area (Å²) in [6, 6.07) is 0.401. The van der Waals surface area contributed by atoms with Crippen molar-refractivity contribution in [1.82, 2.24) is 5.43 Å². The van der Waals surface area contributed by atoms with Gasteiger partial charge in [0.05, 0.1) is 0 Å². The molecule has 0 aliphatic rings. The van der Waals surface area contributed by atoms with Crippen LogP contribution < -0.4 is 5.43 Å². The summed E-state index contributed by atoms with van der Waals surface area (Å²) >= 11 is 0. The number of unbranched alkanes of at least 4 members (excludes halogenated alkanes) is 1. The molecule has 2 N–H and O–H groups in total. The van der Waals surface area contributed by atoms with Crippen molar-refractivity contribution in [1.29, 1.82) is 0 Å². The second-order valence-corrected chi connectivity index (χ2v) is 3.31. The van der Waals surface area contributed by atoms with Gasteiger partial charge in [0.25, 0.3) is 0 Å². The van der Waals surface area contributed by atoms with Crippen LogP contribution in [0.15, 0.2) is 5.10 Å². The molecule has 0 heterocycles. The molecule has 0 aromatic heterocycles. The summed E-state index contributed by atoms with van der Waals surface area (Å²) in [5.41, 5.74) is 4.11. The van der Waals surface area contributed by atoms with Gasteiger partial charge >= 0.3 is 0 Å². The van der Waals surface area contributed by atoms with E-state index < -0.39 is 0 Å². The Morgan fingerprint density at radius 3 is 2.58 bits per heavy atom. The molecule has 0 atom stereocenters. The molecule has 0 spiro atoms. The minimum absolute atomic E-state index is 0.283. The fourth-order valence-electron chi connectivity index (χ4n) is 0.788. The normalized spacial score (nSPS) is 12.2. The Bertz CT molecular complexity index is 132. The van der Waals surface area contributed by atoms with Crippen molar-refractivity contribution >= 4 is 5.71 Å². The van der Waals surface area contributed by atoms with Crippen LogP contribution in [-0.4, -0.2) is 23.5 Å². The summed E-state index contributed by atoms with van der Waals surface area (Å²) in [6.07, 6.45) is 2.86. The van der Waals surface area contributed by atoms with E-state index in [0.717, 1.165) is 25.0 Å². The monoisotopic (exact) mass is 172 g/mol. The highest BCUT2D eigenvalue weighted by molar-refractivity contribution is 5.81. The Kier molecular flexibility index (Phi) is 6.76. The topological polar surface area (TPSA) is 44.6 Å². The van der Waals surface area contributed by atoms with Gasteiger partial charge < -0.3 is 10.5 Å². The highest BCUT2D eigenvalue weighted by Crippen LogP contribution is 1.96. The predicted octanol–water partition coefficient (Wildman–Crippen LogP) is 1.52. The average molecular weight is 172 g/mol. The lowest BCUT2D eigenvalue weighted by atomic mass is 10.2. The number of hydrogen-bond acceptors (Lipinski definition) is 3. The quantitative estimate of drug-likeness (QED) is 0.362. The molecule has 0 amide bonds. The zero-order valence-corrected chi connectivity index (χ0v) is 8.30. The van der Waals surface area contributed by atoms with Gasteiger partial charge in [0.2, 0.25) is 0 Å². The maximum Gasteiger partial charge on any atom is 0.0431 e. The summed E-state index contributed by atoms with van der Waals surface area (Å²) in [6.45, 7) is 6.41. The SMILES string of the molecule is C/C(CCCCO)=N\NC(C)C. The van der Waals surface area contributed by atoms with Crippen LogP contribution in [0.2, 0.25) is 0 Å². The molecule has 0 aliphatic carbocycles. The molecular formula is C9H20N2O. The van der Waals surface area contributed by atoms with Crippen molar-refractivity contribution in [2.75, 3.05) is 6.61 Å². The molecular weight excluding hydrogens is 152 g/mol. The molecule has 12 heavy (non-hydrogen) atoms. The lowest BCUT2D eigenvalue weighted by molar-refractivity contribution is 0.285. The fraction of sp³-hybridized carbons (Fsp3) is 0.889. The molecule has 3 nitrogen and oxygen atoms in total. The van der Waals surface area contributed by atoms with Crippen molar-refractivity contribution in [3.63, 3.8) is 0 Å². The van der Waals surface area contributed by atoms with Crippen molar-refractivity contribution < 1.29 is 5.11 Å². The zero-order valence-electron chi connectivity index (χ0n) is 8.30. The van der Waals surface area contributed by atoms with E-state index in [-0.39, 0.29) is 6.61 Å². The van der Waals surface area contributed by atoms with E-state index in [0.29, 0.717) is 6.04 Å². The molecule has 0 aromatic rings. The first-order valence-corrected chi connectivity index (χ1v) is 4.56. The van der Waals surface area contributed by atoms with Crippen molar-refractivity contribution in [2.45, 2.75) is 46.1 Å². The maximum absolute atomic E-state index is 8.54. The summed E-state index contributed by atoms with van der Waals surface area (Å²) < 4.78 is 0.